The molecule has 1 rings (SSSR count). The van der Waals surface area contributed by atoms with Crippen LogP contribution in [0.5, 0.6) is 0 Å². The van der Waals surface area contributed by atoms with Gasteiger partial charge >= 0.3 is 0 Å². The molecule has 0 aromatic heterocycles. The Kier molecular flexibility index (Phi) is 3.53. The Labute approximate surface area is 86.9 Å². The molecule has 0 aromatic carbocycles. The molecule has 14 heavy (non-hydrogen) atoms. The van der Waals surface area contributed by atoms with E-state index in [4.69, 9.17) is 10.1 Å². The maximum atomic E-state index is 8.12. The molecular formula is C11H22N2O. The zero-order valence-corrected chi connectivity index (χ0v) is 9.76. The number of ether oxygens (including phenoxy) is 1. The fourth-order valence-electron chi connectivity index (χ4n) is 1.48. The summed E-state index contributed by atoms with van der Waals surface area (Å²) in [5, 5.41) is 8.12. The van der Waals surface area contributed by atoms with Crippen molar-refractivity contribution in [2.45, 2.75) is 39.7 Å². The molecule has 0 saturated heterocycles. The lowest BCUT2D eigenvalue weighted by Gasteiger charge is -2.32. The average Bonchev–Trinajstić information content (AvgIpc) is 2.86. The van der Waals surface area contributed by atoms with Crippen molar-refractivity contribution in [1.29, 1.82) is 5.41 Å². The molecule has 0 radical (unpaired) electrons. The molecule has 0 aromatic rings. The number of nitrogens with zero attached hydrogens (tertiary/aromatic N) is 1. The van der Waals surface area contributed by atoms with Crippen molar-refractivity contribution in [3.05, 3.63) is 0 Å². The molecule has 0 aliphatic heterocycles. The second-order valence-electron chi connectivity index (χ2n) is 5.02. The van der Waals surface area contributed by atoms with E-state index in [1.54, 1.807) is 7.11 Å². The lowest BCUT2D eigenvalue weighted by molar-refractivity contribution is 0.170. The van der Waals surface area contributed by atoms with Gasteiger partial charge in [-0.1, -0.05) is 20.8 Å². The van der Waals surface area contributed by atoms with Gasteiger partial charge in [-0.15, -0.1) is 0 Å². The lowest BCUT2D eigenvalue weighted by Crippen LogP contribution is -2.42. The van der Waals surface area contributed by atoms with Gasteiger partial charge in [-0.3, -0.25) is 5.41 Å². The minimum atomic E-state index is -0.0453. The molecule has 3 nitrogen and oxygen atoms in total. The van der Waals surface area contributed by atoms with E-state index in [0.717, 1.165) is 19.0 Å². The highest BCUT2D eigenvalue weighted by Gasteiger charge is 2.34. The molecule has 0 atom stereocenters. The number of hydrogen-bond acceptors (Lipinski definition) is 2. The smallest absolute Gasteiger partial charge is 0.102 e. The highest BCUT2D eigenvalue weighted by atomic mass is 16.5. The molecule has 0 heterocycles. The van der Waals surface area contributed by atoms with Crippen molar-refractivity contribution in [3.8, 4) is 0 Å². The molecule has 1 aliphatic carbocycles. The normalized spacial score (nSPS) is 16.9. The maximum absolute atomic E-state index is 8.12. The van der Waals surface area contributed by atoms with Crippen LogP contribution >= 0.6 is 0 Å². The van der Waals surface area contributed by atoms with Crippen molar-refractivity contribution in [2.24, 2.45) is 5.41 Å². The summed E-state index contributed by atoms with van der Waals surface area (Å²) in [6.45, 7) is 7.86. The third-order valence-electron chi connectivity index (χ3n) is 2.52. The first kappa shape index (κ1) is 11.5. The summed E-state index contributed by atoms with van der Waals surface area (Å²) < 4.78 is 5.07. The second kappa shape index (κ2) is 4.30. The Morgan fingerprint density at radius 3 is 2.36 bits per heavy atom. The van der Waals surface area contributed by atoms with Crippen molar-refractivity contribution in [2.75, 3.05) is 20.3 Å². The monoisotopic (exact) mass is 198 g/mol. The zero-order chi connectivity index (χ0) is 10.8. The molecule has 0 bridgehead atoms. The predicted molar refractivity (Wildman–Crippen MR) is 58.8 cm³/mol. The van der Waals surface area contributed by atoms with E-state index in [1.807, 2.05) is 0 Å². The first-order chi connectivity index (χ1) is 6.46. The fourth-order valence-corrected chi connectivity index (χ4v) is 1.48. The van der Waals surface area contributed by atoms with E-state index in [1.165, 1.54) is 12.8 Å². The summed E-state index contributed by atoms with van der Waals surface area (Å²) in [6.07, 6.45) is 2.48. The first-order valence-corrected chi connectivity index (χ1v) is 5.31. The van der Waals surface area contributed by atoms with Crippen molar-refractivity contribution in [3.63, 3.8) is 0 Å². The van der Waals surface area contributed by atoms with E-state index >= 15 is 0 Å². The first-order valence-electron chi connectivity index (χ1n) is 5.31. The molecule has 0 spiro atoms. The molecule has 1 saturated carbocycles. The van der Waals surface area contributed by atoms with Crippen LogP contribution in [0.1, 0.15) is 33.6 Å². The van der Waals surface area contributed by atoms with Gasteiger partial charge in [0.15, 0.2) is 0 Å². The van der Waals surface area contributed by atoms with Gasteiger partial charge in [-0.2, -0.15) is 0 Å². The minimum absolute atomic E-state index is 0.0453. The van der Waals surface area contributed by atoms with Gasteiger partial charge in [-0.25, -0.2) is 0 Å². The van der Waals surface area contributed by atoms with E-state index in [0.29, 0.717) is 6.04 Å². The summed E-state index contributed by atoms with van der Waals surface area (Å²) in [4.78, 5) is 2.20. The number of nitrogens with one attached hydrogen (secondary N) is 1. The lowest BCUT2D eigenvalue weighted by atomic mass is 9.94. The largest absolute Gasteiger partial charge is 0.383 e. The quantitative estimate of drug-likeness (QED) is 0.555. The van der Waals surface area contributed by atoms with Crippen LogP contribution < -0.4 is 0 Å². The molecule has 0 unspecified atom stereocenters. The Morgan fingerprint density at radius 1 is 1.43 bits per heavy atom. The maximum Gasteiger partial charge on any atom is 0.102 e. The van der Waals surface area contributed by atoms with Gasteiger partial charge in [0, 0.05) is 25.1 Å². The standard InChI is InChI=1S/C11H22N2O/c1-11(2,3)10(12)13(7-8-14-4)9-5-6-9/h9,12H,5-8H2,1-4H3. The van der Waals surface area contributed by atoms with E-state index < -0.39 is 0 Å². The summed E-state index contributed by atoms with van der Waals surface area (Å²) in [5.41, 5.74) is -0.0453. The van der Waals surface area contributed by atoms with Crippen LogP contribution in [0.15, 0.2) is 0 Å². The molecule has 82 valence electrons. The van der Waals surface area contributed by atoms with Gasteiger partial charge in [-0.05, 0) is 12.8 Å². The van der Waals surface area contributed by atoms with Crippen molar-refractivity contribution >= 4 is 5.84 Å². The number of hydrogen-bond donors (Lipinski definition) is 1. The highest BCUT2D eigenvalue weighted by molar-refractivity contribution is 5.84. The number of rotatable bonds is 4. The molecule has 1 aliphatic rings. The van der Waals surface area contributed by atoms with Gasteiger partial charge in [0.05, 0.1) is 6.61 Å². The summed E-state index contributed by atoms with van der Waals surface area (Å²) in [5.74, 6) is 0.747. The van der Waals surface area contributed by atoms with E-state index in [9.17, 15) is 0 Å². The number of amidine groups is 1. The molecular weight excluding hydrogens is 176 g/mol. The van der Waals surface area contributed by atoms with E-state index in [-0.39, 0.29) is 5.41 Å². The second-order valence-corrected chi connectivity index (χ2v) is 5.02. The van der Waals surface area contributed by atoms with Crippen LogP contribution in [0.25, 0.3) is 0 Å². The van der Waals surface area contributed by atoms with Gasteiger partial charge < -0.3 is 9.64 Å². The summed E-state index contributed by atoms with van der Waals surface area (Å²) in [6, 6.07) is 0.608. The Bertz CT molecular complexity index is 204. The third kappa shape index (κ3) is 2.98. The molecule has 1 N–H and O–H groups in total. The van der Waals surface area contributed by atoms with Crippen LogP contribution in [0, 0.1) is 10.8 Å². The van der Waals surface area contributed by atoms with Crippen LogP contribution in [-0.2, 0) is 4.74 Å². The Balaban J connectivity index is 2.53. The highest BCUT2D eigenvalue weighted by Crippen LogP contribution is 2.30. The van der Waals surface area contributed by atoms with Crippen LogP contribution in [0.2, 0.25) is 0 Å². The van der Waals surface area contributed by atoms with Crippen LogP contribution in [0.4, 0.5) is 0 Å². The number of methoxy groups -OCH3 is 1. The predicted octanol–water partition coefficient (Wildman–Crippen LogP) is 2.12. The average molecular weight is 198 g/mol. The summed E-state index contributed by atoms with van der Waals surface area (Å²) in [7, 11) is 1.71. The van der Waals surface area contributed by atoms with Gasteiger partial charge in [0.2, 0.25) is 0 Å². The third-order valence-corrected chi connectivity index (χ3v) is 2.52. The Morgan fingerprint density at radius 2 is 2.00 bits per heavy atom. The molecule has 3 heteroatoms. The zero-order valence-electron chi connectivity index (χ0n) is 9.76. The topological polar surface area (TPSA) is 36.3 Å². The van der Waals surface area contributed by atoms with E-state index in [2.05, 4.69) is 25.7 Å². The molecule has 0 amide bonds. The Hall–Kier alpha value is -0.570. The van der Waals surface area contributed by atoms with Crippen molar-refractivity contribution < 1.29 is 4.74 Å². The minimum Gasteiger partial charge on any atom is -0.383 e. The van der Waals surface area contributed by atoms with Gasteiger partial charge in [0.25, 0.3) is 0 Å². The van der Waals surface area contributed by atoms with Crippen LogP contribution in [0.3, 0.4) is 0 Å². The SMILES string of the molecule is COCCN(C(=N)C(C)(C)C)C1CC1. The molecule has 1 fully saturated rings. The van der Waals surface area contributed by atoms with Gasteiger partial charge in [0.1, 0.15) is 5.84 Å². The summed E-state index contributed by atoms with van der Waals surface area (Å²) >= 11 is 0. The van der Waals surface area contributed by atoms with Crippen molar-refractivity contribution in [1.82, 2.24) is 4.90 Å². The van der Waals surface area contributed by atoms with Crippen LogP contribution in [-0.4, -0.2) is 37.0 Å². The fraction of sp³-hybridized carbons (Fsp3) is 0.909.